The topological polar surface area (TPSA) is 66.4 Å². The van der Waals surface area contributed by atoms with Crippen molar-refractivity contribution < 1.29 is 14.7 Å². The zero-order chi connectivity index (χ0) is 15.5. The molecule has 0 radical (unpaired) electrons. The highest BCUT2D eigenvalue weighted by atomic mass is 32.1. The second kappa shape index (κ2) is 6.26. The van der Waals surface area contributed by atoms with Crippen molar-refractivity contribution in [1.82, 2.24) is 5.32 Å². The van der Waals surface area contributed by atoms with Gasteiger partial charge in [0.05, 0.1) is 6.42 Å². The third-order valence-corrected chi connectivity index (χ3v) is 4.37. The fourth-order valence-electron chi connectivity index (χ4n) is 2.25. The van der Waals surface area contributed by atoms with Gasteiger partial charge in [0.15, 0.2) is 0 Å². The monoisotopic (exact) mass is 305 g/mol. The molecule has 0 atom stereocenters. The molecule has 2 aromatic rings. The molecule has 5 heteroatoms. The molecule has 112 valence electrons. The van der Waals surface area contributed by atoms with Crippen LogP contribution in [0.25, 0.3) is 10.1 Å². The van der Waals surface area contributed by atoms with Crippen LogP contribution in [-0.4, -0.2) is 22.5 Å². The summed E-state index contributed by atoms with van der Waals surface area (Å²) in [7, 11) is 0. The molecule has 0 fully saturated rings. The maximum Gasteiger partial charge on any atom is 0.303 e. The molecule has 1 aromatic heterocycles. The molecule has 2 N–H and O–H groups in total. The number of rotatable bonds is 6. The normalized spacial score (nSPS) is 11.5. The molecular weight excluding hydrogens is 286 g/mol. The van der Waals surface area contributed by atoms with Crippen LogP contribution in [0.2, 0.25) is 0 Å². The van der Waals surface area contributed by atoms with Crippen LogP contribution >= 0.6 is 11.3 Å². The highest BCUT2D eigenvalue weighted by Crippen LogP contribution is 2.26. The van der Waals surface area contributed by atoms with E-state index < -0.39 is 11.5 Å². The van der Waals surface area contributed by atoms with Gasteiger partial charge in [0, 0.05) is 16.7 Å². The zero-order valence-electron chi connectivity index (χ0n) is 12.2. The summed E-state index contributed by atoms with van der Waals surface area (Å²) in [6.07, 6.45) is 0.785. The van der Waals surface area contributed by atoms with Gasteiger partial charge >= 0.3 is 5.97 Å². The quantitative estimate of drug-likeness (QED) is 0.861. The highest BCUT2D eigenvalue weighted by molar-refractivity contribution is 7.17. The Morgan fingerprint density at radius 1 is 1.29 bits per heavy atom. The Labute approximate surface area is 127 Å². The molecule has 0 bridgehead atoms. The van der Waals surface area contributed by atoms with Crippen LogP contribution in [0, 0.1) is 0 Å². The number of carboxylic acid groups (broad SMARTS) is 1. The van der Waals surface area contributed by atoms with E-state index in [1.165, 1.54) is 4.70 Å². The average Bonchev–Trinajstić information content (AvgIpc) is 2.79. The number of thiophene rings is 1. The SMILES string of the molecule is CC(C)(CCC(=O)O)NC(=O)Cc1csc2ccccc12. The molecule has 0 aliphatic heterocycles. The van der Waals surface area contributed by atoms with Crippen molar-refractivity contribution in [3.8, 4) is 0 Å². The minimum atomic E-state index is -0.846. The first-order valence-corrected chi connectivity index (χ1v) is 7.73. The van der Waals surface area contributed by atoms with E-state index >= 15 is 0 Å². The Balaban J connectivity index is 2.00. The van der Waals surface area contributed by atoms with E-state index in [9.17, 15) is 9.59 Å². The number of hydrogen-bond donors (Lipinski definition) is 2. The van der Waals surface area contributed by atoms with Gasteiger partial charge < -0.3 is 10.4 Å². The Morgan fingerprint density at radius 2 is 2.00 bits per heavy atom. The van der Waals surface area contributed by atoms with Crippen LogP contribution in [-0.2, 0) is 16.0 Å². The zero-order valence-corrected chi connectivity index (χ0v) is 13.0. The first-order valence-electron chi connectivity index (χ1n) is 6.85. The van der Waals surface area contributed by atoms with Crippen molar-refractivity contribution in [3.63, 3.8) is 0 Å². The number of carbonyl (C=O) groups excluding carboxylic acids is 1. The lowest BCUT2D eigenvalue weighted by molar-refractivity contribution is -0.137. The first-order chi connectivity index (χ1) is 9.87. The lowest BCUT2D eigenvalue weighted by Crippen LogP contribution is -2.44. The summed E-state index contributed by atoms with van der Waals surface area (Å²) in [6, 6.07) is 8.01. The molecule has 0 saturated heterocycles. The van der Waals surface area contributed by atoms with Gasteiger partial charge in [0.2, 0.25) is 5.91 Å². The Kier molecular flexibility index (Phi) is 4.63. The van der Waals surface area contributed by atoms with Gasteiger partial charge in [-0.3, -0.25) is 9.59 Å². The van der Waals surface area contributed by atoms with E-state index in [1.54, 1.807) is 11.3 Å². The van der Waals surface area contributed by atoms with E-state index in [0.717, 1.165) is 10.9 Å². The summed E-state index contributed by atoms with van der Waals surface area (Å²) >= 11 is 1.63. The van der Waals surface area contributed by atoms with Gasteiger partial charge in [-0.1, -0.05) is 18.2 Å². The van der Waals surface area contributed by atoms with Gasteiger partial charge in [-0.15, -0.1) is 11.3 Å². The molecule has 0 aliphatic rings. The van der Waals surface area contributed by atoms with Crippen molar-refractivity contribution in [2.75, 3.05) is 0 Å². The Morgan fingerprint density at radius 3 is 2.71 bits per heavy atom. The molecule has 4 nitrogen and oxygen atoms in total. The minimum absolute atomic E-state index is 0.0503. The fraction of sp³-hybridized carbons (Fsp3) is 0.375. The molecule has 0 spiro atoms. The molecule has 1 aromatic carbocycles. The molecule has 0 saturated carbocycles. The first kappa shape index (κ1) is 15.5. The van der Waals surface area contributed by atoms with E-state index in [-0.39, 0.29) is 12.3 Å². The van der Waals surface area contributed by atoms with Crippen LogP contribution in [0.15, 0.2) is 29.6 Å². The van der Waals surface area contributed by atoms with Crippen molar-refractivity contribution in [2.24, 2.45) is 0 Å². The number of benzene rings is 1. The lowest BCUT2D eigenvalue weighted by Gasteiger charge is -2.25. The summed E-state index contributed by atoms with van der Waals surface area (Å²) in [5, 5.41) is 14.8. The average molecular weight is 305 g/mol. The largest absolute Gasteiger partial charge is 0.481 e. The molecule has 1 heterocycles. The number of aliphatic carboxylic acids is 1. The summed E-state index contributed by atoms with van der Waals surface area (Å²) < 4.78 is 1.17. The van der Waals surface area contributed by atoms with Gasteiger partial charge in [-0.05, 0) is 42.7 Å². The van der Waals surface area contributed by atoms with Crippen LogP contribution in [0.3, 0.4) is 0 Å². The number of hydrogen-bond acceptors (Lipinski definition) is 3. The predicted octanol–water partition coefficient (Wildman–Crippen LogP) is 3.20. The smallest absolute Gasteiger partial charge is 0.303 e. The van der Waals surface area contributed by atoms with Gasteiger partial charge in [0.25, 0.3) is 0 Å². The number of carboxylic acids is 1. The summed E-state index contributed by atoms with van der Waals surface area (Å²) in [5.41, 5.74) is 0.503. The van der Waals surface area contributed by atoms with Crippen LogP contribution in [0.5, 0.6) is 0 Å². The van der Waals surface area contributed by atoms with E-state index in [4.69, 9.17) is 5.11 Å². The van der Waals surface area contributed by atoms with E-state index in [2.05, 4.69) is 5.32 Å². The molecule has 2 rings (SSSR count). The van der Waals surface area contributed by atoms with Gasteiger partial charge in [-0.25, -0.2) is 0 Å². The Bertz CT molecular complexity index is 660. The fourth-order valence-corrected chi connectivity index (χ4v) is 3.21. The van der Waals surface area contributed by atoms with Crippen molar-refractivity contribution in [2.45, 2.75) is 38.6 Å². The maximum atomic E-state index is 12.2. The summed E-state index contributed by atoms with van der Waals surface area (Å²) in [6.45, 7) is 3.69. The molecule has 0 unspecified atom stereocenters. The number of fused-ring (bicyclic) bond motifs is 1. The molecular formula is C16H19NO3S. The standard InChI is InChI=1S/C16H19NO3S/c1-16(2,8-7-15(19)20)17-14(18)9-11-10-21-13-6-4-3-5-12(11)13/h3-6,10H,7-9H2,1-2H3,(H,17,18)(H,19,20). The number of carbonyl (C=O) groups is 2. The Hall–Kier alpha value is -1.88. The number of nitrogens with one attached hydrogen (secondary N) is 1. The van der Waals surface area contributed by atoms with Crippen LogP contribution in [0.4, 0.5) is 0 Å². The minimum Gasteiger partial charge on any atom is -0.481 e. The third kappa shape index (κ3) is 4.29. The third-order valence-electron chi connectivity index (χ3n) is 3.35. The molecule has 21 heavy (non-hydrogen) atoms. The predicted molar refractivity (Wildman–Crippen MR) is 84.6 cm³/mol. The summed E-state index contributed by atoms with van der Waals surface area (Å²) in [5.74, 6) is -0.921. The van der Waals surface area contributed by atoms with E-state index in [0.29, 0.717) is 12.8 Å². The van der Waals surface area contributed by atoms with E-state index in [1.807, 2.05) is 43.5 Å². The maximum absolute atomic E-state index is 12.2. The lowest BCUT2D eigenvalue weighted by atomic mass is 9.98. The second-order valence-corrected chi connectivity index (χ2v) is 6.67. The van der Waals surface area contributed by atoms with Crippen LogP contribution in [0.1, 0.15) is 32.3 Å². The second-order valence-electron chi connectivity index (χ2n) is 5.76. The number of amides is 1. The highest BCUT2D eigenvalue weighted by Gasteiger charge is 2.22. The van der Waals surface area contributed by atoms with Gasteiger partial charge in [-0.2, -0.15) is 0 Å². The van der Waals surface area contributed by atoms with Crippen molar-refractivity contribution in [3.05, 3.63) is 35.2 Å². The molecule has 1 amide bonds. The summed E-state index contributed by atoms with van der Waals surface area (Å²) in [4.78, 5) is 22.8. The van der Waals surface area contributed by atoms with Crippen molar-refractivity contribution >= 4 is 33.3 Å². The van der Waals surface area contributed by atoms with Gasteiger partial charge in [0.1, 0.15) is 0 Å². The van der Waals surface area contributed by atoms with Crippen LogP contribution < -0.4 is 5.32 Å². The molecule has 0 aliphatic carbocycles. The van der Waals surface area contributed by atoms with Crippen molar-refractivity contribution in [1.29, 1.82) is 0 Å².